The largest absolute Gasteiger partial charge is 0.497 e. The summed E-state index contributed by atoms with van der Waals surface area (Å²) in [5.74, 6) is 1.09. The fourth-order valence-corrected chi connectivity index (χ4v) is 4.34. The predicted octanol–water partition coefficient (Wildman–Crippen LogP) is 4.37. The lowest BCUT2D eigenvalue weighted by Crippen LogP contribution is -2.38. The predicted molar refractivity (Wildman–Crippen MR) is 120 cm³/mol. The minimum Gasteiger partial charge on any atom is -0.497 e. The molecule has 0 unspecified atom stereocenters. The average Bonchev–Trinajstić information content (AvgIpc) is 3.04. The van der Waals surface area contributed by atoms with Gasteiger partial charge in [0.05, 0.1) is 30.5 Å². The third-order valence-electron chi connectivity index (χ3n) is 5.93. The second-order valence-electron chi connectivity index (χ2n) is 7.89. The van der Waals surface area contributed by atoms with Crippen LogP contribution in [-0.2, 0) is 9.59 Å². The number of likely N-dealkylation sites (tertiary alicyclic amines) is 1. The van der Waals surface area contributed by atoms with E-state index in [9.17, 15) is 9.59 Å². The van der Waals surface area contributed by atoms with Gasteiger partial charge in [0.25, 0.3) is 11.8 Å². The van der Waals surface area contributed by atoms with Gasteiger partial charge in [-0.2, -0.15) is 0 Å². The number of nitrogens with zero attached hydrogens (tertiary/aromatic N) is 2. The number of benzene rings is 2. The molecule has 0 atom stereocenters. The van der Waals surface area contributed by atoms with Crippen molar-refractivity contribution in [1.29, 1.82) is 0 Å². The van der Waals surface area contributed by atoms with Crippen LogP contribution in [0.3, 0.4) is 0 Å². The van der Waals surface area contributed by atoms with Crippen LogP contribution in [0.1, 0.15) is 25.3 Å². The van der Waals surface area contributed by atoms with E-state index in [-0.39, 0.29) is 11.8 Å². The highest BCUT2D eigenvalue weighted by atomic mass is 35.5. The summed E-state index contributed by atoms with van der Waals surface area (Å²) in [6.07, 6.45) is 1.96. The van der Waals surface area contributed by atoms with E-state index >= 15 is 0 Å². The first-order valence-electron chi connectivity index (χ1n) is 10.3. The monoisotopic (exact) mass is 440 g/mol. The molecule has 1 fully saturated rings. The van der Waals surface area contributed by atoms with Gasteiger partial charge in [-0.3, -0.25) is 9.59 Å². The van der Waals surface area contributed by atoms with Gasteiger partial charge >= 0.3 is 0 Å². The number of methoxy groups -OCH3 is 2. The van der Waals surface area contributed by atoms with Crippen LogP contribution in [-0.4, -0.2) is 44.0 Å². The second kappa shape index (κ2) is 8.63. The van der Waals surface area contributed by atoms with E-state index < -0.39 is 0 Å². The molecule has 0 bridgehead atoms. The molecule has 0 aromatic heterocycles. The van der Waals surface area contributed by atoms with Crippen LogP contribution in [0.2, 0.25) is 5.02 Å². The topological polar surface area (TPSA) is 59.1 Å². The minimum atomic E-state index is -0.356. The maximum absolute atomic E-state index is 13.6. The average molecular weight is 441 g/mol. The fourth-order valence-electron chi connectivity index (χ4n) is 4.09. The van der Waals surface area contributed by atoms with E-state index in [1.807, 2.05) is 17.0 Å². The summed E-state index contributed by atoms with van der Waals surface area (Å²) in [7, 11) is 3.11. The molecule has 7 heteroatoms. The van der Waals surface area contributed by atoms with Crippen LogP contribution < -0.4 is 14.4 Å². The van der Waals surface area contributed by atoms with Crippen LogP contribution in [0, 0.1) is 5.92 Å². The van der Waals surface area contributed by atoms with E-state index in [4.69, 9.17) is 21.1 Å². The number of halogens is 1. The molecule has 1 saturated heterocycles. The summed E-state index contributed by atoms with van der Waals surface area (Å²) in [4.78, 5) is 30.4. The molecule has 0 radical (unpaired) electrons. The number of imide groups is 1. The molecule has 6 nitrogen and oxygen atoms in total. The molecule has 2 amide bonds. The number of anilines is 1. The van der Waals surface area contributed by atoms with Crippen molar-refractivity contribution in [3.8, 4) is 11.5 Å². The van der Waals surface area contributed by atoms with Crippen molar-refractivity contribution in [2.75, 3.05) is 32.2 Å². The first kappa shape index (κ1) is 21.2. The van der Waals surface area contributed by atoms with Crippen molar-refractivity contribution in [2.45, 2.75) is 19.8 Å². The summed E-state index contributed by atoms with van der Waals surface area (Å²) in [6.45, 7) is 3.70. The fraction of sp³-hybridized carbons (Fsp3) is 0.333. The Bertz CT molecular complexity index is 1040. The molecule has 0 spiro atoms. The third-order valence-corrected chi connectivity index (χ3v) is 6.23. The smallest absolute Gasteiger partial charge is 0.282 e. The Labute approximate surface area is 187 Å². The Hall–Kier alpha value is -2.99. The quantitative estimate of drug-likeness (QED) is 0.646. The molecular formula is C24H25ClN2O4. The van der Waals surface area contributed by atoms with E-state index in [0.29, 0.717) is 45.0 Å². The third kappa shape index (κ3) is 3.88. The molecule has 0 aliphatic carbocycles. The Balaban J connectivity index is 1.78. The van der Waals surface area contributed by atoms with Crippen LogP contribution in [0.4, 0.5) is 5.69 Å². The van der Waals surface area contributed by atoms with Crippen molar-refractivity contribution in [3.63, 3.8) is 0 Å². The molecule has 162 valence electrons. The zero-order chi connectivity index (χ0) is 22.1. The Morgan fingerprint density at radius 1 is 0.935 bits per heavy atom. The first-order chi connectivity index (χ1) is 14.9. The molecule has 4 rings (SSSR count). The van der Waals surface area contributed by atoms with Gasteiger partial charge in [0.1, 0.15) is 17.2 Å². The summed E-state index contributed by atoms with van der Waals surface area (Å²) >= 11 is 6.28. The number of amides is 2. The summed E-state index contributed by atoms with van der Waals surface area (Å²) in [6, 6.07) is 12.1. The zero-order valence-electron chi connectivity index (χ0n) is 17.9. The summed E-state index contributed by atoms with van der Waals surface area (Å²) in [5, 5.41) is 0.340. The Kier molecular flexibility index (Phi) is 5.92. The van der Waals surface area contributed by atoms with Gasteiger partial charge in [-0.25, -0.2) is 4.90 Å². The van der Waals surface area contributed by atoms with Crippen LogP contribution in [0.25, 0.3) is 5.57 Å². The van der Waals surface area contributed by atoms with E-state index in [1.54, 1.807) is 37.4 Å². The van der Waals surface area contributed by atoms with Crippen molar-refractivity contribution in [2.24, 2.45) is 5.92 Å². The molecule has 2 aromatic carbocycles. The van der Waals surface area contributed by atoms with Gasteiger partial charge in [-0.05, 0) is 54.7 Å². The van der Waals surface area contributed by atoms with Gasteiger partial charge in [0.2, 0.25) is 0 Å². The van der Waals surface area contributed by atoms with Crippen LogP contribution in [0.15, 0.2) is 48.2 Å². The number of piperidine rings is 1. The van der Waals surface area contributed by atoms with E-state index in [2.05, 4.69) is 6.92 Å². The molecule has 0 saturated carbocycles. The van der Waals surface area contributed by atoms with E-state index in [0.717, 1.165) is 25.9 Å². The zero-order valence-corrected chi connectivity index (χ0v) is 18.6. The SMILES string of the molecule is COc1ccc(C2=C(N3CCC(C)CC3)C(=O)N(c3ccc(OC)c(Cl)c3)C2=O)cc1. The summed E-state index contributed by atoms with van der Waals surface area (Å²) in [5.41, 5.74) is 1.98. The van der Waals surface area contributed by atoms with Crippen molar-refractivity contribution in [1.82, 2.24) is 4.90 Å². The summed E-state index contributed by atoms with van der Waals surface area (Å²) < 4.78 is 10.4. The van der Waals surface area contributed by atoms with Gasteiger partial charge in [-0.15, -0.1) is 0 Å². The Morgan fingerprint density at radius 2 is 1.61 bits per heavy atom. The Morgan fingerprint density at radius 3 is 2.19 bits per heavy atom. The van der Waals surface area contributed by atoms with Gasteiger partial charge in [0, 0.05) is 13.1 Å². The number of carbonyl (C=O) groups excluding carboxylic acids is 2. The van der Waals surface area contributed by atoms with E-state index in [1.165, 1.54) is 12.0 Å². The molecule has 0 N–H and O–H groups in total. The number of hydrogen-bond donors (Lipinski definition) is 0. The maximum Gasteiger partial charge on any atom is 0.282 e. The molecule has 2 heterocycles. The van der Waals surface area contributed by atoms with Gasteiger partial charge < -0.3 is 14.4 Å². The highest BCUT2D eigenvalue weighted by Gasteiger charge is 2.43. The van der Waals surface area contributed by atoms with Crippen molar-refractivity contribution in [3.05, 3.63) is 58.7 Å². The lowest BCUT2D eigenvalue weighted by Gasteiger charge is -2.32. The van der Waals surface area contributed by atoms with Gasteiger partial charge in [-0.1, -0.05) is 30.7 Å². The molecule has 31 heavy (non-hydrogen) atoms. The highest BCUT2D eigenvalue weighted by molar-refractivity contribution is 6.45. The van der Waals surface area contributed by atoms with Crippen molar-refractivity contribution >= 4 is 34.7 Å². The molecule has 2 aliphatic heterocycles. The lowest BCUT2D eigenvalue weighted by atomic mass is 9.97. The van der Waals surface area contributed by atoms with Gasteiger partial charge in [0.15, 0.2) is 0 Å². The highest BCUT2D eigenvalue weighted by Crippen LogP contribution is 2.38. The molecule has 2 aliphatic rings. The minimum absolute atomic E-state index is 0.327. The first-order valence-corrected chi connectivity index (χ1v) is 10.7. The second-order valence-corrected chi connectivity index (χ2v) is 8.29. The van der Waals surface area contributed by atoms with Crippen LogP contribution in [0.5, 0.6) is 11.5 Å². The number of carbonyl (C=O) groups is 2. The maximum atomic E-state index is 13.6. The standard InChI is InChI=1S/C24H25ClN2O4/c1-15-10-12-26(13-11-15)22-21(16-4-7-18(30-2)8-5-16)23(28)27(24(22)29)17-6-9-20(31-3)19(25)14-17/h4-9,14-15H,10-13H2,1-3H3. The molecule has 2 aromatic rings. The van der Waals surface area contributed by atoms with Crippen molar-refractivity contribution < 1.29 is 19.1 Å². The number of ether oxygens (including phenoxy) is 2. The molecular weight excluding hydrogens is 416 g/mol. The normalized spacial score (nSPS) is 17.5. The number of hydrogen-bond acceptors (Lipinski definition) is 5. The number of rotatable bonds is 5. The lowest BCUT2D eigenvalue weighted by molar-refractivity contribution is -0.120. The van der Waals surface area contributed by atoms with Crippen LogP contribution >= 0.6 is 11.6 Å².